The summed E-state index contributed by atoms with van der Waals surface area (Å²) in [5, 5.41) is 10.0. The first-order valence-electron chi connectivity index (χ1n) is 8.68. The lowest BCUT2D eigenvalue weighted by Gasteiger charge is -2.18. The van der Waals surface area contributed by atoms with Gasteiger partial charge in [-0.15, -0.1) is 11.3 Å². The predicted molar refractivity (Wildman–Crippen MR) is 104 cm³/mol. The first-order valence-corrected chi connectivity index (χ1v) is 9.50. The van der Waals surface area contributed by atoms with Crippen LogP contribution in [0.3, 0.4) is 0 Å². The number of aromatic nitrogens is 1. The molecule has 1 heterocycles. The van der Waals surface area contributed by atoms with Gasteiger partial charge in [0, 0.05) is 16.6 Å². The Hall–Kier alpha value is -2.87. The van der Waals surface area contributed by atoms with Gasteiger partial charge in [-0.05, 0) is 42.3 Å². The maximum atomic E-state index is 13.1. The Morgan fingerprint density at radius 3 is 2.52 bits per heavy atom. The van der Waals surface area contributed by atoms with Crippen LogP contribution in [0.25, 0.3) is 11.1 Å². The Morgan fingerprint density at radius 2 is 1.93 bits per heavy atom. The molecule has 0 radical (unpaired) electrons. The van der Waals surface area contributed by atoms with Gasteiger partial charge in [-0.3, -0.25) is 4.79 Å². The summed E-state index contributed by atoms with van der Waals surface area (Å²) in [6, 6.07) is 9.99. The number of hydrogen-bond donors (Lipinski definition) is 1. The maximum Gasteiger partial charge on any atom is 0.416 e. The lowest BCUT2D eigenvalue weighted by molar-refractivity contribution is -0.138. The van der Waals surface area contributed by atoms with E-state index < -0.39 is 23.6 Å². The van der Waals surface area contributed by atoms with Crippen LogP contribution in [0.4, 0.5) is 13.2 Å². The summed E-state index contributed by atoms with van der Waals surface area (Å²) in [4.78, 5) is 16.7. The van der Waals surface area contributed by atoms with Gasteiger partial charge in [0.1, 0.15) is 10.8 Å². The van der Waals surface area contributed by atoms with E-state index in [1.807, 2.05) is 6.92 Å². The minimum absolute atomic E-state index is 0.213. The van der Waals surface area contributed by atoms with Crippen molar-refractivity contribution in [2.45, 2.75) is 25.4 Å². The quantitative estimate of drug-likeness (QED) is 0.550. The second-order valence-electron chi connectivity index (χ2n) is 6.49. The van der Waals surface area contributed by atoms with Crippen LogP contribution in [-0.2, 0) is 11.0 Å². The van der Waals surface area contributed by atoms with Gasteiger partial charge >= 0.3 is 12.1 Å². The zero-order valence-electron chi connectivity index (χ0n) is 15.7. The van der Waals surface area contributed by atoms with E-state index in [2.05, 4.69) is 4.98 Å². The normalized spacial score (nSPS) is 12.6. The SMILES string of the molecule is COc1ccc(-c2cccc(C(F)(F)F)c2)cc1C(CC(=O)O)c1ncc(C)s1. The molecule has 0 aliphatic carbocycles. The number of carboxylic acid groups (broad SMARTS) is 1. The fraction of sp³-hybridized carbons (Fsp3) is 0.238. The molecule has 3 aromatic rings. The standard InChI is InChI=1S/C21H18F3NO3S/c1-12-11-25-20(29-12)17(10-19(26)27)16-9-14(6-7-18(16)28-2)13-4-3-5-15(8-13)21(22,23)24/h3-9,11,17H,10H2,1-2H3,(H,26,27). The number of nitrogens with zero attached hydrogens (tertiary/aromatic N) is 1. The summed E-state index contributed by atoms with van der Waals surface area (Å²) in [5.74, 6) is -1.12. The Kier molecular flexibility index (Phi) is 5.93. The van der Waals surface area contributed by atoms with Crippen molar-refractivity contribution >= 4 is 17.3 Å². The van der Waals surface area contributed by atoms with Crippen molar-refractivity contribution in [1.29, 1.82) is 0 Å². The smallest absolute Gasteiger partial charge is 0.416 e. The van der Waals surface area contributed by atoms with Crippen molar-refractivity contribution in [3.05, 3.63) is 69.7 Å². The lowest BCUT2D eigenvalue weighted by Crippen LogP contribution is -2.09. The number of methoxy groups -OCH3 is 1. The van der Waals surface area contributed by atoms with Crippen LogP contribution >= 0.6 is 11.3 Å². The molecule has 152 valence electrons. The van der Waals surface area contributed by atoms with Gasteiger partial charge in [0.05, 0.1) is 25.0 Å². The van der Waals surface area contributed by atoms with Crippen LogP contribution < -0.4 is 4.74 Å². The molecule has 4 nitrogen and oxygen atoms in total. The minimum Gasteiger partial charge on any atom is -0.496 e. The van der Waals surface area contributed by atoms with E-state index in [4.69, 9.17) is 4.74 Å². The van der Waals surface area contributed by atoms with Crippen molar-refractivity contribution in [3.63, 3.8) is 0 Å². The fourth-order valence-corrected chi connectivity index (χ4v) is 3.99. The summed E-state index contributed by atoms with van der Waals surface area (Å²) < 4.78 is 44.7. The number of aliphatic carboxylic acids is 1. The maximum absolute atomic E-state index is 13.1. The zero-order chi connectivity index (χ0) is 21.2. The van der Waals surface area contributed by atoms with E-state index in [1.54, 1.807) is 30.5 Å². The topological polar surface area (TPSA) is 59.4 Å². The number of hydrogen-bond acceptors (Lipinski definition) is 4. The van der Waals surface area contributed by atoms with Gasteiger partial charge < -0.3 is 9.84 Å². The third-order valence-electron chi connectivity index (χ3n) is 4.44. The molecule has 0 fully saturated rings. The molecule has 0 spiro atoms. The molecule has 3 rings (SSSR count). The van der Waals surface area contributed by atoms with Crippen molar-refractivity contribution in [2.24, 2.45) is 0 Å². The van der Waals surface area contributed by atoms with Crippen molar-refractivity contribution < 1.29 is 27.8 Å². The lowest BCUT2D eigenvalue weighted by atomic mass is 9.91. The molecule has 0 bridgehead atoms. The molecule has 0 saturated heterocycles. The van der Waals surface area contributed by atoms with Crippen LogP contribution in [0, 0.1) is 6.92 Å². The number of ether oxygens (including phenoxy) is 1. The molecule has 0 aliphatic heterocycles. The molecule has 0 saturated carbocycles. The van der Waals surface area contributed by atoms with Crippen LogP contribution in [-0.4, -0.2) is 23.2 Å². The summed E-state index contributed by atoms with van der Waals surface area (Å²) in [5.41, 5.74) is 0.743. The summed E-state index contributed by atoms with van der Waals surface area (Å²) in [7, 11) is 1.47. The highest BCUT2D eigenvalue weighted by Crippen LogP contribution is 2.39. The Labute approximate surface area is 169 Å². The van der Waals surface area contributed by atoms with E-state index in [0.717, 1.165) is 17.0 Å². The second-order valence-corrected chi connectivity index (χ2v) is 7.76. The molecular weight excluding hydrogens is 403 g/mol. The van der Waals surface area contributed by atoms with E-state index in [9.17, 15) is 23.1 Å². The number of benzene rings is 2. The second kappa shape index (κ2) is 8.24. The van der Waals surface area contributed by atoms with E-state index in [-0.39, 0.29) is 6.42 Å². The molecule has 0 amide bonds. The van der Waals surface area contributed by atoms with Gasteiger partial charge in [0.2, 0.25) is 0 Å². The van der Waals surface area contributed by atoms with Crippen LogP contribution in [0.1, 0.15) is 33.4 Å². The predicted octanol–water partition coefficient (Wildman–Crippen LogP) is 5.75. The molecule has 2 aromatic carbocycles. The molecule has 1 N–H and O–H groups in total. The van der Waals surface area contributed by atoms with Crippen molar-refractivity contribution in [2.75, 3.05) is 7.11 Å². The van der Waals surface area contributed by atoms with E-state index in [1.165, 1.54) is 24.5 Å². The third-order valence-corrected chi connectivity index (χ3v) is 5.47. The molecule has 1 atom stereocenters. The molecule has 1 unspecified atom stereocenters. The molecule has 8 heteroatoms. The summed E-state index contributed by atoms with van der Waals surface area (Å²) in [6.07, 6.45) is -3.00. The Morgan fingerprint density at radius 1 is 1.21 bits per heavy atom. The largest absolute Gasteiger partial charge is 0.496 e. The number of carbonyl (C=O) groups is 1. The van der Waals surface area contributed by atoms with Gasteiger partial charge in [0.15, 0.2) is 0 Å². The average molecular weight is 421 g/mol. The minimum atomic E-state index is -4.45. The van der Waals surface area contributed by atoms with Gasteiger partial charge in [-0.1, -0.05) is 18.2 Å². The molecule has 0 aliphatic rings. The van der Waals surface area contributed by atoms with Gasteiger partial charge in [-0.2, -0.15) is 13.2 Å². The highest BCUT2D eigenvalue weighted by molar-refractivity contribution is 7.11. The first-order chi connectivity index (χ1) is 13.7. The van der Waals surface area contributed by atoms with E-state index >= 15 is 0 Å². The van der Waals surface area contributed by atoms with Gasteiger partial charge in [-0.25, -0.2) is 4.98 Å². The van der Waals surface area contributed by atoms with Crippen LogP contribution in [0.15, 0.2) is 48.7 Å². The van der Waals surface area contributed by atoms with Crippen LogP contribution in [0.5, 0.6) is 5.75 Å². The van der Waals surface area contributed by atoms with Gasteiger partial charge in [0.25, 0.3) is 0 Å². The highest BCUT2D eigenvalue weighted by atomic mass is 32.1. The molecule has 29 heavy (non-hydrogen) atoms. The number of carboxylic acids is 1. The first kappa shape index (κ1) is 20.9. The monoisotopic (exact) mass is 421 g/mol. The summed E-state index contributed by atoms with van der Waals surface area (Å²) in [6.45, 7) is 1.87. The fourth-order valence-electron chi connectivity index (χ4n) is 3.10. The number of alkyl halides is 3. The van der Waals surface area contributed by atoms with Crippen molar-refractivity contribution in [1.82, 2.24) is 4.98 Å². The highest BCUT2D eigenvalue weighted by Gasteiger charge is 2.30. The number of aryl methyl sites for hydroxylation is 1. The Bertz CT molecular complexity index is 1030. The Balaban J connectivity index is 2.12. The number of thiazole rings is 1. The number of rotatable bonds is 6. The summed E-state index contributed by atoms with van der Waals surface area (Å²) >= 11 is 1.38. The average Bonchev–Trinajstić information content (AvgIpc) is 3.11. The third kappa shape index (κ3) is 4.76. The zero-order valence-corrected chi connectivity index (χ0v) is 16.5. The van der Waals surface area contributed by atoms with Crippen LogP contribution in [0.2, 0.25) is 0 Å². The van der Waals surface area contributed by atoms with E-state index in [0.29, 0.717) is 27.4 Å². The number of halogens is 3. The molecule has 1 aromatic heterocycles. The molecular formula is C21H18F3NO3S. The van der Waals surface area contributed by atoms with Crippen molar-refractivity contribution in [3.8, 4) is 16.9 Å².